The smallest absolute Gasteiger partial charge is 0.340 e. The summed E-state index contributed by atoms with van der Waals surface area (Å²) >= 11 is 0. The van der Waals surface area contributed by atoms with Crippen LogP contribution >= 0.6 is 0 Å². The zero-order valence-electron chi connectivity index (χ0n) is 19.7. The summed E-state index contributed by atoms with van der Waals surface area (Å²) in [5.41, 5.74) is 2.58. The fourth-order valence-electron chi connectivity index (χ4n) is 3.37. The van der Waals surface area contributed by atoms with Gasteiger partial charge in [0.25, 0.3) is 11.8 Å². The van der Waals surface area contributed by atoms with E-state index in [-0.39, 0.29) is 17.0 Å². The van der Waals surface area contributed by atoms with Crippen LogP contribution in [0, 0.1) is 13.8 Å². The van der Waals surface area contributed by atoms with Crippen LogP contribution in [-0.4, -0.2) is 24.4 Å². The maximum absolute atomic E-state index is 12.8. The highest BCUT2D eigenvalue weighted by Crippen LogP contribution is 2.29. The van der Waals surface area contributed by atoms with Crippen LogP contribution in [0.1, 0.15) is 32.0 Å². The Morgan fingerprint density at radius 2 is 1.61 bits per heavy atom. The average molecular weight is 485 g/mol. The third-order valence-corrected chi connectivity index (χ3v) is 5.22. The van der Waals surface area contributed by atoms with Crippen molar-refractivity contribution in [3.63, 3.8) is 0 Å². The molecule has 0 bridgehead atoms. The molecule has 4 aromatic rings. The summed E-state index contributed by atoms with van der Waals surface area (Å²) in [6.07, 6.45) is 1.38. The summed E-state index contributed by atoms with van der Waals surface area (Å²) < 4.78 is 16.2. The number of carbonyl (C=O) groups is 3. The molecule has 8 heteroatoms. The van der Waals surface area contributed by atoms with Crippen LogP contribution in [0.3, 0.4) is 0 Å². The fourth-order valence-corrected chi connectivity index (χ4v) is 3.37. The quantitative estimate of drug-likeness (QED) is 0.309. The first-order valence-corrected chi connectivity index (χ1v) is 11.2. The molecule has 182 valence electrons. The molecule has 0 saturated heterocycles. The van der Waals surface area contributed by atoms with Crippen molar-refractivity contribution < 1.29 is 28.3 Å². The lowest BCUT2D eigenvalue weighted by Gasteiger charge is -2.14. The minimum absolute atomic E-state index is 0.100. The number of esters is 1. The molecule has 0 fully saturated rings. The Hall–Kier alpha value is -4.85. The Balaban J connectivity index is 1.40. The maximum Gasteiger partial charge on any atom is 0.340 e. The molecule has 0 unspecified atom stereocenters. The van der Waals surface area contributed by atoms with Gasteiger partial charge in [-0.3, -0.25) is 9.59 Å². The zero-order chi connectivity index (χ0) is 25.5. The molecule has 0 aliphatic carbocycles. The summed E-state index contributed by atoms with van der Waals surface area (Å²) in [6, 6.07) is 22.5. The van der Waals surface area contributed by atoms with E-state index in [0.29, 0.717) is 22.7 Å². The number of rotatable bonds is 8. The van der Waals surface area contributed by atoms with Crippen LogP contribution in [0.25, 0.3) is 0 Å². The minimum atomic E-state index is -0.757. The van der Waals surface area contributed by atoms with Gasteiger partial charge in [0.1, 0.15) is 5.75 Å². The summed E-state index contributed by atoms with van der Waals surface area (Å²) in [5.74, 6) is -0.639. The molecule has 4 rings (SSSR count). The van der Waals surface area contributed by atoms with Crippen LogP contribution in [0.15, 0.2) is 89.5 Å². The van der Waals surface area contributed by atoms with E-state index in [9.17, 15) is 14.4 Å². The normalized spacial score (nSPS) is 10.4. The second-order valence-electron chi connectivity index (χ2n) is 7.96. The molecule has 8 nitrogen and oxygen atoms in total. The predicted octanol–water partition coefficient (Wildman–Crippen LogP) is 5.74. The predicted molar refractivity (Wildman–Crippen MR) is 134 cm³/mol. The second kappa shape index (κ2) is 11.1. The molecule has 2 N–H and O–H groups in total. The van der Waals surface area contributed by atoms with E-state index >= 15 is 0 Å². The molecular weight excluding hydrogens is 460 g/mol. The van der Waals surface area contributed by atoms with Crippen molar-refractivity contribution in [3.05, 3.63) is 108 Å². The van der Waals surface area contributed by atoms with Gasteiger partial charge in [-0.2, -0.15) is 0 Å². The number of anilines is 2. The van der Waals surface area contributed by atoms with Gasteiger partial charge in [-0.15, -0.1) is 0 Å². The first-order valence-electron chi connectivity index (χ1n) is 11.2. The highest BCUT2D eigenvalue weighted by molar-refractivity contribution is 6.07. The van der Waals surface area contributed by atoms with Crippen LogP contribution in [0.4, 0.5) is 11.4 Å². The number of furan rings is 1. The third kappa shape index (κ3) is 5.98. The van der Waals surface area contributed by atoms with E-state index in [2.05, 4.69) is 10.6 Å². The molecule has 1 aromatic heterocycles. The van der Waals surface area contributed by atoms with Crippen LogP contribution in [-0.2, 0) is 9.53 Å². The highest BCUT2D eigenvalue weighted by Gasteiger charge is 2.20. The lowest BCUT2D eigenvalue weighted by Crippen LogP contribution is -2.22. The third-order valence-electron chi connectivity index (χ3n) is 5.22. The molecule has 36 heavy (non-hydrogen) atoms. The van der Waals surface area contributed by atoms with Crippen molar-refractivity contribution in [1.29, 1.82) is 0 Å². The summed E-state index contributed by atoms with van der Waals surface area (Å²) in [6.45, 7) is 3.19. The first-order chi connectivity index (χ1) is 17.4. The first kappa shape index (κ1) is 24.3. The van der Waals surface area contributed by atoms with Crippen molar-refractivity contribution in [2.24, 2.45) is 0 Å². The highest BCUT2D eigenvalue weighted by atomic mass is 16.5. The van der Waals surface area contributed by atoms with Crippen molar-refractivity contribution in [2.75, 3.05) is 17.2 Å². The molecule has 0 atom stereocenters. The van der Waals surface area contributed by atoms with Gasteiger partial charge in [0, 0.05) is 0 Å². The molecule has 0 aliphatic rings. The Morgan fingerprint density at radius 1 is 0.833 bits per heavy atom. The summed E-state index contributed by atoms with van der Waals surface area (Å²) in [7, 11) is 0. The second-order valence-corrected chi connectivity index (χ2v) is 7.96. The number of hydrogen-bond donors (Lipinski definition) is 2. The average Bonchev–Trinajstić information content (AvgIpc) is 3.42. The van der Waals surface area contributed by atoms with E-state index in [4.69, 9.17) is 13.9 Å². The monoisotopic (exact) mass is 484 g/mol. The molecule has 3 aromatic carbocycles. The Morgan fingerprint density at radius 3 is 2.36 bits per heavy atom. The van der Waals surface area contributed by atoms with Gasteiger partial charge in [0.2, 0.25) is 0 Å². The van der Waals surface area contributed by atoms with Crippen molar-refractivity contribution in [1.82, 2.24) is 0 Å². The number of para-hydroxylation sites is 3. The topological polar surface area (TPSA) is 107 Å². The van der Waals surface area contributed by atoms with Gasteiger partial charge < -0.3 is 24.5 Å². The van der Waals surface area contributed by atoms with E-state index in [0.717, 1.165) is 5.56 Å². The number of hydrogen-bond acceptors (Lipinski definition) is 6. The molecule has 1 heterocycles. The van der Waals surface area contributed by atoms with Crippen molar-refractivity contribution >= 4 is 29.2 Å². The number of benzene rings is 3. The lowest BCUT2D eigenvalue weighted by atomic mass is 10.1. The Bertz CT molecular complexity index is 1380. The van der Waals surface area contributed by atoms with Gasteiger partial charge in [-0.05, 0) is 61.9 Å². The number of amides is 2. The Kier molecular flexibility index (Phi) is 7.45. The summed E-state index contributed by atoms with van der Waals surface area (Å²) in [5, 5.41) is 5.38. The van der Waals surface area contributed by atoms with Gasteiger partial charge in [0.05, 0.1) is 23.2 Å². The van der Waals surface area contributed by atoms with Crippen LogP contribution in [0.5, 0.6) is 11.5 Å². The van der Waals surface area contributed by atoms with Crippen LogP contribution in [0.2, 0.25) is 0 Å². The molecular formula is C28H24N2O6. The minimum Gasteiger partial charge on any atom is -0.459 e. The van der Waals surface area contributed by atoms with Gasteiger partial charge in [-0.25, -0.2) is 4.79 Å². The van der Waals surface area contributed by atoms with Gasteiger partial charge in [0.15, 0.2) is 18.1 Å². The van der Waals surface area contributed by atoms with E-state index in [1.165, 1.54) is 18.4 Å². The van der Waals surface area contributed by atoms with E-state index < -0.39 is 24.4 Å². The van der Waals surface area contributed by atoms with Gasteiger partial charge in [-0.1, -0.05) is 42.0 Å². The molecule has 0 radical (unpaired) electrons. The maximum atomic E-state index is 12.8. The zero-order valence-corrected chi connectivity index (χ0v) is 19.7. The Labute approximate surface area is 207 Å². The SMILES string of the molecule is Cc1ccc(Oc2ccccc2NC(=O)COC(=O)c2cccc(C)c2NC(=O)c2ccco2)cc1. The number of carbonyl (C=O) groups excluding carboxylic acids is 3. The fraction of sp³-hybridized carbons (Fsp3) is 0.107. The number of aryl methyl sites for hydroxylation is 2. The molecule has 0 saturated carbocycles. The van der Waals surface area contributed by atoms with E-state index in [1.54, 1.807) is 49.4 Å². The largest absolute Gasteiger partial charge is 0.459 e. The molecule has 2 amide bonds. The summed E-state index contributed by atoms with van der Waals surface area (Å²) in [4.78, 5) is 37.8. The van der Waals surface area contributed by atoms with Crippen molar-refractivity contribution in [3.8, 4) is 11.5 Å². The van der Waals surface area contributed by atoms with Gasteiger partial charge >= 0.3 is 5.97 Å². The standard InChI is InChI=1S/C28H24N2O6/c1-18-12-14-20(15-13-18)36-23-10-4-3-9-22(23)29-25(31)17-35-28(33)21-8-5-7-19(2)26(21)30-27(32)24-11-6-16-34-24/h3-16H,17H2,1-2H3,(H,29,31)(H,30,32). The van der Waals surface area contributed by atoms with E-state index in [1.807, 2.05) is 31.2 Å². The number of ether oxygens (including phenoxy) is 2. The number of nitrogens with one attached hydrogen (secondary N) is 2. The van der Waals surface area contributed by atoms with Crippen LogP contribution < -0.4 is 15.4 Å². The van der Waals surface area contributed by atoms with Crippen molar-refractivity contribution in [2.45, 2.75) is 13.8 Å². The lowest BCUT2D eigenvalue weighted by molar-refractivity contribution is -0.119. The molecule has 0 spiro atoms. The molecule has 0 aliphatic heterocycles.